The molecule has 0 amide bonds. The fourth-order valence-electron chi connectivity index (χ4n) is 7.59. The van der Waals surface area contributed by atoms with Gasteiger partial charge in [0.2, 0.25) is 14.0 Å². The van der Waals surface area contributed by atoms with Crippen molar-refractivity contribution >= 4 is 88.2 Å². The molecule has 0 atom stereocenters. The molecule has 0 fully saturated rings. The summed E-state index contributed by atoms with van der Waals surface area (Å²) < 4.78 is 7.06. The van der Waals surface area contributed by atoms with Crippen LogP contribution in [0.1, 0.15) is 0 Å². The van der Waals surface area contributed by atoms with Crippen LogP contribution in [0.2, 0.25) is 0 Å². The molecule has 6 aromatic carbocycles. The van der Waals surface area contributed by atoms with Crippen LogP contribution in [-0.4, -0.2) is 32.0 Å². The van der Waals surface area contributed by atoms with Gasteiger partial charge in [-0.2, -0.15) is 0 Å². The molecule has 48 heavy (non-hydrogen) atoms. The molecule has 4 heterocycles. The molecule has 0 spiro atoms. The van der Waals surface area contributed by atoms with Crippen molar-refractivity contribution in [2.45, 2.75) is 0 Å². The van der Waals surface area contributed by atoms with E-state index in [1.165, 1.54) is 41.1 Å². The highest BCUT2D eigenvalue weighted by molar-refractivity contribution is 7.30. The van der Waals surface area contributed by atoms with E-state index in [2.05, 4.69) is 167 Å². The first-order chi connectivity index (χ1) is 23.8. The van der Waals surface area contributed by atoms with Crippen molar-refractivity contribution < 1.29 is 0 Å². The van der Waals surface area contributed by atoms with Crippen molar-refractivity contribution in [2.24, 2.45) is 0 Å². The molecule has 5 nitrogen and oxygen atoms in total. The SMILES string of the molecule is c1ccc([Si](c2ccccc2)(c2ncnc(-n3c4ccccc4n4c5ccccc5cc34)n2)c2cccc3c2sc2ccccc23)cc1. The highest BCUT2D eigenvalue weighted by atomic mass is 32.1. The monoisotopic (exact) mass is 649 g/mol. The van der Waals surface area contributed by atoms with Gasteiger partial charge in [-0.1, -0.05) is 127 Å². The predicted molar refractivity (Wildman–Crippen MR) is 202 cm³/mol. The van der Waals surface area contributed by atoms with Gasteiger partial charge in [-0.05, 0) is 45.9 Å². The molecule has 10 rings (SSSR count). The van der Waals surface area contributed by atoms with Gasteiger partial charge in [0.15, 0.2) is 0 Å². The highest BCUT2D eigenvalue weighted by Gasteiger charge is 2.46. The summed E-state index contributed by atoms with van der Waals surface area (Å²) >= 11 is 1.86. The summed E-state index contributed by atoms with van der Waals surface area (Å²) in [6, 6.07) is 56.5. The maximum absolute atomic E-state index is 5.54. The lowest BCUT2D eigenvalue weighted by atomic mass is 10.1. The Hall–Kier alpha value is -5.89. The van der Waals surface area contributed by atoms with E-state index in [0.717, 1.165) is 27.6 Å². The molecule has 0 unspecified atom stereocenters. The zero-order chi connectivity index (χ0) is 31.7. The summed E-state index contributed by atoms with van der Waals surface area (Å²) in [5, 5.41) is 7.47. The number of hydrogen-bond acceptors (Lipinski definition) is 4. The summed E-state index contributed by atoms with van der Waals surface area (Å²) in [4.78, 5) is 15.6. The average molecular weight is 650 g/mol. The maximum Gasteiger partial charge on any atom is 0.238 e. The van der Waals surface area contributed by atoms with E-state index in [0.29, 0.717) is 5.95 Å². The summed E-state index contributed by atoms with van der Waals surface area (Å²) in [5.74, 6) is 0.612. The minimum atomic E-state index is -3.11. The van der Waals surface area contributed by atoms with Crippen molar-refractivity contribution in [2.75, 3.05) is 0 Å². The molecule has 4 aromatic heterocycles. The fourth-order valence-corrected chi connectivity index (χ4v) is 13.8. The van der Waals surface area contributed by atoms with E-state index in [1.54, 1.807) is 6.33 Å². The van der Waals surface area contributed by atoms with Crippen molar-refractivity contribution in [3.05, 3.63) is 164 Å². The van der Waals surface area contributed by atoms with E-state index in [1.807, 2.05) is 11.3 Å². The van der Waals surface area contributed by atoms with Crippen LogP contribution in [-0.2, 0) is 0 Å². The molecule has 7 heteroatoms. The van der Waals surface area contributed by atoms with E-state index >= 15 is 0 Å². The predicted octanol–water partition coefficient (Wildman–Crippen LogP) is 6.97. The standard InChI is InChI=1S/C41H27N5SSi/c1-3-15-29(16-4-1)48(30-17-5-2-6-18-30,37-25-13-20-32-31-19-8-12-24-36(31)47-39(32)37)41-43-27-42-40(44-41)46-35-23-11-10-22-34(35)45-33-21-9-7-14-28(33)26-38(45)46/h1-27H. The molecule has 0 saturated heterocycles. The van der Waals surface area contributed by atoms with Crippen LogP contribution in [0.4, 0.5) is 0 Å². The van der Waals surface area contributed by atoms with Gasteiger partial charge < -0.3 is 0 Å². The topological polar surface area (TPSA) is 48.0 Å². The minimum Gasteiger partial charge on any atom is -0.293 e. The molecule has 10 aromatic rings. The maximum atomic E-state index is 5.54. The van der Waals surface area contributed by atoms with Crippen LogP contribution >= 0.6 is 11.3 Å². The number of para-hydroxylation sites is 3. The van der Waals surface area contributed by atoms with E-state index in [9.17, 15) is 0 Å². The minimum absolute atomic E-state index is 0.612. The van der Waals surface area contributed by atoms with Gasteiger partial charge in [-0.25, -0.2) is 15.0 Å². The van der Waals surface area contributed by atoms with Crippen molar-refractivity contribution in [3.8, 4) is 5.95 Å². The largest absolute Gasteiger partial charge is 0.293 e. The molecule has 0 N–H and O–H groups in total. The lowest BCUT2D eigenvalue weighted by Gasteiger charge is -2.32. The second-order valence-corrected chi connectivity index (χ2v) is 16.8. The quantitative estimate of drug-likeness (QED) is 0.150. The third-order valence-electron chi connectivity index (χ3n) is 9.60. The normalized spacial score (nSPS) is 12.2. The van der Waals surface area contributed by atoms with E-state index in [-0.39, 0.29) is 0 Å². The third-order valence-corrected chi connectivity index (χ3v) is 15.5. The molecule has 0 radical (unpaired) electrons. The van der Waals surface area contributed by atoms with Crippen LogP contribution < -0.4 is 21.0 Å². The average Bonchev–Trinajstić information content (AvgIpc) is 3.82. The second-order valence-electron chi connectivity index (χ2n) is 12.1. The first-order valence-electron chi connectivity index (χ1n) is 16.0. The zero-order valence-electron chi connectivity index (χ0n) is 25.7. The van der Waals surface area contributed by atoms with Crippen molar-refractivity contribution in [3.63, 3.8) is 0 Å². The molecule has 0 aliphatic heterocycles. The number of nitrogens with zero attached hydrogens (tertiary/aromatic N) is 5. The molecular weight excluding hydrogens is 623 g/mol. The fraction of sp³-hybridized carbons (Fsp3) is 0. The van der Waals surface area contributed by atoms with Gasteiger partial charge in [0, 0.05) is 25.6 Å². The van der Waals surface area contributed by atoms with Crippen LogP contribution in [0.25, 0.3) is 53.7 Å². The van der Waals surface area contributed by atoms with Gasteiger partial charge in [-0.15, -0.1) is 11.3 Å². The van der Waals surface area contributed by atoms with Gasteiger partial charge >= 0.3 is 0 Å². The van der Waals surface area contributed by atoms with Gasteiger partial charge in [0.05, 0.1) is 16.6 Å². The highest BCUT2D eigenvalue weighted by Crippen LogP contribution is 2.34. The zero-order valence-corrected chi connectivity index (χ0v) is 27.5. The molecule has 0 saturated carbocycles. The van der Waals surface area contributed by atoms with Crippen LogP contribution in [0.3, 0.4) is 0 Å². The Morgan fingerprint density at radius 1 is 0.542 bits per heavy atom. The number of imidazole rings is 1. The Kier molecular flexibility index (Phi) is 6.00. The van der Waals surface area contributed by atoms with Crippen LogP contribution in [0.15, 0.2) is 164 Å². The Bertz CT molecular complexity index is 2760. The van der Waals surface area contributed by atoms with E-state index in [4.69, 9.17) is 15.0 Å². The lowest BCUT2D eigenvalue weighted by molar-refractivity contribution is 0.953. The Balaban J connectivity index is 1.34. The molecule has 0 bridgehead atoms. The van der Waals surface area contributed by atoms with Crippen molar-refractivity contribution in [1.82, 2.24) is 23.9 Å². The number of rotatable bonds is 5. The molecule has 0 aliphatic rings. The lowest BCUT2D eigenvalue weighted by Crippen LogP contribution is -2.76. The number of benzene rings is 6. The second kappa shape index (κ2) is 10.6. The number of fused-ring (bicyclic) bond motifs is 8. The Morgan fingerprint density at radius 3 is 1.98 bits per heavy atom. The molecule has 226 valence electrons. The Labute approximate surface area is 281 Å². The van der Waals surface area contributed by atoms with Gasteiger partial charge in [-0.3, -0.25) is 8.97 Å². The first kappa shape index (κ1) is 27.2. The number of aromatic nitrogens is 5. The van der Waals surface area contributed by atoms with Gasteiger partial charge in [0.1, 0.15) is 17.4 Å². The van der Waals surface area contributed by atoms with Crippen LogP contribution in [0, 0.1) is 0 Å². The number of hydrogen-bond donors (Lipinski definition) is 0. The smallest absolute Gasteiger partial charge is 0.238 e. The molecular formula is C41H27N5SSi. The van der Waals surface area contributed by atoms with Gasteiger partial charge in [0.25, 0.3) is 0 Å². The van der Waals surface area contributed by atoms with Crippen LogP contribution in [0.5, 0.6) is 0 Å². The Morgan fingerprint density at radius 2 is 1.19 bits per heavy atom. The van der Waals surface area contributed by atoms with Crippen molar-refractivity contribution in [1.29, 1.82) is 0 Å². The molecule has 0 aliphatic carbocycles. The number of thiophene rings is 1. The summed E-state index contributed by atoms with van der Waals surface area (Å²) in [7, 11) is -3.11. The first-order valence-corrected chi connectivity index (χ1v) is 18.9. The van der Waals surface area contributed by atoms with E-state index < -0.39 is 8.07 Å². The third kappa shape index (κ3) is 3.80. The summed E-state index contributed by atoms with van der Waals surface area (Å²) in [6.07, 6.45) is 1.71. The summed E-state index contributed by atoms with van der Waals surface area (Å²) in [5.41, 5.74) is 5.15. The summed E-state index contributed by atoms with van der Waals surface area (Å²) in [6.45, 7) is 0.